The van der Waals surface area contributed by atoms with Crippen LogP contribution in [0.2, 0.25) is 0 Å². The summed E-state index contributed by atoms with van der Waals surface area (Å²) >= 11 is 0. The number of carbonyl (C=O) groups excluding carboxylic acids is 2. The van der Waals surface area contributed by atoms with Crippen LogP contribution in [0.1, 0.15) is 40.0 Å². The van der Waals surface area contributed by atoms with Crippen LogP contribution in [0.3, 0.4) is 0 Å². The minimum atomic E-state index is -0.896. The fraction of sp³-hybridized carbons (Fsp3) is 0.765. The fourth-order valence-corrected chi connectivity index (χ4v) is 3.99. The van der Waals surface area contributed by atoms with Gasteiger partial charge in [-0.25, -0.2) is 4.79 Å². The SMILES string of the molecule is C=C1C(=O)O[C@H]2[C@H](OC(C)=O)[C@H](C)CCC[C@@]3(C)O[C@@H]3[C@H](O)[C@@H]12. The van der Waals surface area contributed by atoms with Gasteiger partial charge in [-0.1, -0.05) is 19.9 Å². The first kappa shape index (κ1) is 16.5. The number of rotatable bonds is 1. The molecule has 1 N–H and O–H groups in total. The van der Waals surface area contributed by atoms with Gasteiger partial charge in [-0.05, 0) is 25.7 Å². The molecule has 3 fully saturated rings. The molecule has 0 amide bonds. The van der Waals surface area contributed by atoms with Gasteiger partial charge in [0.15, 0.2) is 0 Å². The van der Waals surface area contributed by atoms with Gasteiger partial charge in [-0.2, -0.15) is 0 Å². The van der Waals surface area contributed by atoms with Crippen molar-refractivity contribution in [3.63, 3.8) is 0 Å². The zero-order valence-electron chi connectivity index (χ0n) is 13.8. The first-order chi connectivity index (χ1) is 10.7. The van der Waals surface area contributed by atoms with Gasteiger partial charge >= 0.3 is 11.9 Å². The smallest absolute Gasteiger partial charge is 0.334 e. The molecule has 0 spiro atoms. The predicted octanol–water partition coefficient (Wildman–Crippen LogP) is 1.35. The number of fused-ring (bicyclic) bond motifs is 2. The zero-order valence-corrected chi connectivity index (χ0v) is 13.8. The Kier molecular flexibility index (Phi) is 4.01. The molecule has 2 aliphatic heterocycles. The molecule has 6 nitrogen and oxygen atoms in total. The Morgan fingerprint density at radius 3 is 2.83 bits per heavy atom. The van der Waals surface area contributed by atoms with Gasteiger partial charge in [0.05, 0.1) is 17.6 Å². The number of aliphatic hydroxyl groups excluding tert-OH is 1. The summed E-state index contributed by atoms with van der Waals surface area (Å²) in [6, 6.07) is 0. The van der Waals surface area contributed by atoms with Gasteiger partial charge < -0.3 is 19.3 Å². The first-order valence-electron chi connectivity index (χ1n) is 8.17. The quantitative estimate of drug-likeness (QED) is 0.445. The van der Waals surface area contributed by atoms with E-state index in [9.17, 15) is 14.7 Å². The van der Waals surface area contributed by atoms with Gasteiger partial charge in [0.1, 0.15) is 18.3 Å². The van der Waals surface area contributed by atoms with Gasteiger partial charge in [0.25, 0.3) is 0 Å². The highest BCUT2D eigenvalue weighted by Crippen LogP contribution is 2.49. The van der Waals surface area contributed by atoms with Gasteiger partial charge in [0, 0.05) is 12.5 Å². The Bertz CT molecular complexity index is 543. The molecule has 3 rings (SSSR count). The molecule has 0 aromatic rings. The highest BCUT2D eigenvalue weighted by atomic mass is 16.6. The third-order valence-corrected chi connectivity index (χ3v) is 5.40. The molecule has 0 aromatic heterocycles. The van der Waals surface area contributed by atoms with Crippen LogP contribution in [-0.4, -0.2) is 47.1 Å². The Morgan fingerprint density at radius 2 is 2.17 bits per heavy atom. The summed E-state index contributed by atoms with van der Waals surface area (Å²) in [5.41, 5.74) is -0.130. The van der Waals surface area contributed by atoms with E-state index >= 15 is 0 Å². The topological polar surface area (TPSA) is 85.4 Å². The van der Waals surface area contributed by atoms with Crippen LogP contribution in [0.15, 0.2) is 12.2 Å². The van der Waals surface area contributed by atoms with Crippen LogP contribution in [0.25, 0.3) is 0 Å². The Morgan fingerprint density at radius 1 is 1.48 bits per heavy atom. The second-order valence-electron chi connectivity index (χ2n) is 7.21. The maximum atomic E-state index is 12.0. The second-order valence-corrected chi connectivity index (χ2v) is 7.21. The largest absolute Gasteiger partial charge is 0.458 e. The molecule has 128 valence electrons. The first-order valence-corrected chi connectivity index (χ1v) is 8.17. The standard InChI is InChI=1S/C17H24O6/c1-8-6-5-7-17(4)15(23-17)12(19)11-9(2)16(20)22-14(11)13(8)21-10(3)18/h8,11-15,19H,2,5-7H2,1,3-4H3/t8-,11-,12-,13-,14-,15-,17-/m1/s1. The summed E-state index contributed by atoms with van der Waals surface area (Å²) < 4.78 is 16.6. The zero-order chi connectivity index (χ0) is 16.9. The third kappa shape index (κ3) is 2.78. The van der Waals surface area contributed by atoms with Crippen molar-refractivity contribution in [1.82, 2.24) is 0 Å². The summed E-state index contributed by atoms with van der Waals surface area (Å²) in [6.45, 7) is 9.07. The number of carbonyl (C=O) groups is 2. The van der Waals surface area contributed by atoms with Crippen molar-refractivity contribution >= 4 is 11.9 Å². The maximum absolute atomic E-state index is 12.0. The van der Waals surface area contributed by atoms with Crippen molar-refractivity contribution in [2.24, 2.45) is 11.8 Å². The molecule has 23 heavy (non-hydrogen) atoms. The minimum Gasteiger partial charge on any atom is -0.458 e. The van der Waals surface area contributed by atoms with Gasteiger partial charge in [-0.15, -0.1) is 0 Å². The van der Waals surface area contributed by atoms with Crippen LogP contribution in [0.5, 0.6) is 0 Å². The summed E-state index contributed by atoms with van der Waals surface area (Å²) in [5, 5.41) is 10.7. The van der Waals surface area contributed by atoms with E-state index in [0.29, 0.717) is 0 Å². The lowest BCUT2D eigenvalue weighted by molar-refractivity contribution is -0.167. The van der Waals surface area contributed by atoms with E-state index < -0.39 is 36.2 Å². The van der Waals surface area contributed by atoms with Crippen LogP contribution < -0.4 is 0 Å². The fourth-order valence-electron chi connectivity index (χ4n) is 3.99. The molecule has 7 atom stereocenters. The number of epoxide rings is 1. The van der Waals surface area contributed by atoms with Crippen molar-refractivity contribution in [2.45, 2.75) is 70.1 Å². The number of hydrogen-bond acceptors (Lipinski definition) is 6. The number of aliphatic hydroxyl groups is 1. The van der Waals surface area contributed by atoms with Crippen molar-refractivity contribution in [3.8, 4) is 0 Å². The van der Waals surface area contributed by atoms with E-state index in [1.54, 1.807) is 0 Å². The minimum absolute atomic E-state index is 0.0104. The molecule has 0 aromatic carbocycles. The van der Waals surface area contributed by atoms with Gasteiger partial charge in [0.2, 0.25) is 0 Å². The third-order valence-electron chi connectivity index (χ3n) is 5.40. The van der Waals surface area contributed by atoms with E-state index in [1.807, 2.05) is 13.8 Å². The molecule has 0 radical (unpaired) electrons. The Balaban J connectivity index is 1.94. The maximum Gasteiger partial charge on any atom is 0.334 e. The monoisotopic (exact) mass is 324 g/mol. The van der Waals surface area contributed by atoms with Crippen LogP contribution >= 0.6 is 0 Å². The van der Waals surface area contributed by atoms with Crippen molar-refractivity contribution in [1.29, 1.82) is 0 Å². The normalized spacial score (nSPS) is 46.4. The average molecular weight is 324 g/mol. The summed E-state index contributed by atoms with van der Waals surface area (Å²) in [5.74, 6) is -1.56. The van der Waals surface area contributed by atoms with Crippen molar-refractivity contribution in [2.75, 3.05) is 0 Å². The Hall–Kier alpha value is -1.40. The predicted molar refractivity (Wildman–Crippen MR) is 80.4 cm³/mol. The van der Waals surface area contributed by atoms with E-state index in [4.69, 9.17) is 14.2 Å². The molecular formula is C17H24O6. The highest BCUT2D eigenvalue weighted by molar-refractivity contribution is 5.91. The van der Waals surface area contributed by atoms with E-state index in [-0.39, 0.29) is 23.2 Å². The Labute approximate surface area is 135 Å². The lowest BCUT2D eigenvalue weighted by atomic mass is 9.78. The molecule has 0 unspecified atom stereocenters. The van der Waals surface area contributed by atoms with Crippen molar-refractivity contribution in [3.05, 3.63) is 12.2 Å². The van der Waals surface area contributed by atoms with Crippen molar-refractivity contribution < 1.29 is 28.9 Å². The van der Waals surface area contributed by atoms with E-state index in [2.05, 4.69) is 6.58 Å². The molecule has 6 heteroatoms. The van der Waals surface area contributed by atoms with Crippen LogP contribution in [0.4, 0.5) is 0 Å². The molecule has 2 saturated heterocycles. The van der Waals surface area contributed by atoms with E-state index in [0.717, 1.165) is 19.3 Å². The number of esters is 2. The molecule has 1 saturated carbocycles. The second kappa shape index (κ2) is 5.60. The molecular weight excluding hydrogens is 300 g/mol. The number of ether oxygens (including phenoxy) is 3. The molecule has 1 aliphatic carbocycles. The highest BCUT2D eigenvalue weighted by Gasteiger charge is 2.62. The van der Waals surface area contributed by atoms with Crippen LogP contribution in [-0.2, 0) is 23.8 Å². The molecule has 2 heterocycles. The lowest BCUT2D eigenvalue weighted by Gasteiger charge is -2.33. The molecule has 3 aliphatic rings. The molecule has 0 bridgehead atoms. The van der Waals surface area contributed by atoms with E-state index in [1.165, 1.54) is 6.92 Å². The van der Waals surface area contributed by atoms with Gasteiger partial charge in [-0.3, -0.25) is 4.79 Å². The summed E-state index contributed by atoms with van der Waals surface area (Å²) in [6.07, 6.45) is 0.0106. The number of hydrogen-bond donors (Lipinski definition) is 1. The summed E-state index contributed by atoms with van der Waals surface area (Å²) in [4.78, 5) is 23.5. The average Bonchev–Trinajstić information content (AvgIpc) is 3.05. The van der Waals surface area contributed by atoms with Crippen LogP contribution in [0, 0.1) is 11.8 Å². The lowest BCUT2D eigenvalue weighted by Crippen LogP contribution is -2.46. The summed E-state index contributed by atoms with van der Waals surface area (Å²) in [7, 11) is 0.